The molecule has 0 spiro atoms. The van der Waals surface area contributed by atoms with E-state index in [0.29, 0.717) is 5.82 Å². The van der Waals surface area contributed by atoms with Crippen molar-refractivity contribution in [3.05, 3.63) is 27.8 Å². The second-order valence-electron chi connectivity index (χ2n) is 4.30. The highest BCUT2D eigenvalue weighted by Gasteiger charge is 2.19. The Kier molecular flexibility index (Phi) is 3.22. The topological polar surface area (TPSA) is 63.9 Å². The maximum absolute atomic E-state index is 6.35. The monoisotopic (exact) mass is 265 g/mol. The van der Waals surface area contributed by atoms with Crippen LogP contribution in [0, 0.1) is 20.8 Å². The number of nitrogens with two attached hydrogens (primary N) is 1. The van der Waals surface area contributed by atoms with Gasteiger partial charge in [-0.2, -0.15) is 5.10 Å². The molecule has 0 aliphatic carbocycles. The number of aromatic amines is 1. The highest BCUT2D eigenvalue weighted by Crippen LogP contribution is 2.41. The number of halogens is 1. The summed E-state index contributed by atoms with van der Waals surface area (Å²) in [4.78, 5) is 0. The number of methoxy groups -OCH3 is 1. The normalized spacial score (nSPS) is 10.7. The molecular formula is C13H16ClN3O. The Morgan fingerprint density at radius 3 is 2.39 bits per heavy atom. The fourth-order valence-corrected chi connectivity index (χ4v) is 2.36. The van der Waals surface area contributed by atoms with Crippen LogP contribution in [0.25, 0.3) is 11.3 Å². The molecule has 0 amide bonds. The third-order valence-electron chi connectivity index (χ3n) is 3.23. The first-order valence-electron chi connectivity index (χ1n) is 5.61. The van der Waals surface area contributed by atoms with Crippen molar-refractivity contribution >= 4 is 17.4 Å². The van der Waals surface area contributed by atoms with Crippen LogP contribution >= 0.6 is 11.6 Å². The van der Waals surface area contributed by atoms with E-state index >= 15 is 0 Å². The average Bonchev–Trinajstić information content (AvgIpc) is 2.77. The molecule has 0 unspecified atom stereocenters. The van der Waals surface area contributed by atoms with Gasteiger partial charge >= 0.3 is 0 Å². The summed E-state index contributed by atoms with van der Waals surface area (Å²) >= 11 is 6.35. The summed E-state index contributed by atoms with van der Waals surface area (Å²) < 4.78 is 5.51. The highest BCUT2D eigenvalue weighted by atomic mass is 35.5. The Morgan fingerprint density at radius 1 is 1.22 bits per heavy atom. The summed E-state index contributed by atoms with van der Waals surface area (Å²) in [7, 11) is 1.65. The Bertz CT molecular complexity index is 605. The number of rotatable bonds is 2. The molecule has 0 radical (unpaired) electrons. The summed E-state index contributed by atoms with van der Waals surface area (Å²) in [6, 6.07) is 1.77. The van der Waals surface area contributed by atoms with Crippen molar-refractivity contribution in [1.82, 2.24) is 10.2 Å². The van der Waals surface area contributed by atoms with Crippen LogP contribution in [-0.4, -0.2) is 17.3 Å². The lowest BCUT2D eigenvalue weighted by atomic mass is 9.96. The molecule has 1 aromatic heterocycles. The first kappa shape index (κ1) is 12.8. The van der Waals surface area contributed by atoms with Crippen LogP contribution in [-0.2, 0) is 0 Å². The second-order valence-corrected chi connectivity index (χ2v) is 4.68. The van der Waals surface area contributed by atoms with E-state index in [1.165, 1.54) is 0 Å². The van der Waals surface area contributed by atoms with Gasteiger partial charge in [0.25, 0.3) is 0 Å². The molecule has 0 aliphatic heterocycles. The van der Waals surface area contributed by atoms with E-state index in [4.69, 9.17) is 22.1 Å². The molecule has 0 bridgehead atoms. The molecule has 96 valence electrons. The zero-order valence-corrected chi connectivity index (χ0v) is 11.6. The lowest BCUT2D eigenvalue weighted by molar-refractivity contribution is 0.412. The van der Waals surface area contributed by atoms with Gasteiger partial charge < -0.3 is 10.5 Å². The van der Waals surface area contributed by atoms with Gasteiger partial charge in [-0.1, -0.05) is 11.6 Å². The number of hydrogen-bond acceptors (Lipinski definition) is 3. The second kappa shape index (κ2) is 4.53. The number of hydrogen-bond donors (Lipinski definition) is 2. The van der Waals surface area contributed by atoms with Crippen LogP contribution < -0.4 is 10.5 Å². The van der Waals surface area contributed by atoms with Gasteiger partial charge in [-0.05, 0) is 37.5 Å². The number of ether oxygens (including phenoxy) is 1. The minimum Gasteiger partial charge on any atom is -0.496 e. The van der Waals surface area contributed by atoms with Crippen LogP contribution in [0.4, 0.5) is 5.82 Å². The molecule has 2 rings (SSSR count). The number of nitrogens with one attached hydrogen (secondary N) is 1. The van der Waals surface area contributed by atoms with E-state index in [0.717, 1.165) is 38.7 Å². The van der Waals surface area contributed by atoms with Crippen molar-refractivity contribution < 1.29 is 4.74 Å². The Morgan fingerprint density at radius 2 is 1.89 bits per heavy atom. The SMILES string of the molecule is COc1c(C)c(C)c(Cl)c(C)c1-c1cc(N)n[nH]1. The lowest BCUT2D eigenvalue weighted by Crippen LogP contribution is -1.98. The van der Waals surface area contributed by atoms with Crippen molar-refractivity contribution in [3.8, 4) is 17.0 Å². The first-order chi connectivity index (χ1) is 8.47. The summed E-state index contributed by atoms with van der Waals surface area (Å²) in [5, 5.41) is 7.59. The quantitative estimate of drug-likeness (QED) is 0.876. The van der Waals surface area contributed by atoms with Crippen molar-refractivity contribution in [3.63, 3.8) is 0 Å². The fourth-order valence-electron chi connectivity index (χ4n) is 2.13. The van der Waals surface area contributed by atoms with E-state index in [2.05, 4.69) is 10.2 Å². The Labute approximate surface area is 111 Å². The zero-order chi connectivity index (χ0) is 13.4. The van der Waals surface area contributed by atoms with Gasteiger partial charge in [0.2, 0.25) is 0 Å². The molecule has 3 N–H and O–H groups in total. The molecule has 4 nitrogen and oxygen atoms in total. The third-order valence-corrected chi connectivity index (χ3v) is 3.80. The van der Waals surface area contributed by atoms with Crippen molar-refractivity contribution in [2.75, 3.05) is 12.8 Å². The number of nitrogens with zero attached hydrogens (tertiary/aromatic N) is 1. The van der Waals surface area contributed by atoms with Crippen LogP contribution in [0.15, 0.2) is 6.07 Å². The van der Waals surface area contributed by atoms with E-state index < -0.39 is 0 Å². The minimum absolute atomic E-state index is 0.445. The van der Waals surface area contributed by atoms with Gasteiger partial charge in [0.05, 0.1) is 12.8 Å². The van der Waals surface area contributed by atoms with Crippen molar-refractivity contribution in [1.29, 1.82) is 0 Å². The van der Waals surface area contributed by atoms with Crippen LogP contribution in [0.5, 0.6) is 5.75 Å². The lowest BCUT2D eigenvalue weighted by Gasteiger charge is -2.17. The summed E-state index contributed by atoms with van der Waals surface area (Å²) in [6.45, 7) is 5.94. The largest absolute Gasteiger partial charge is 0.496 e. The summed E-state index contributed by atoms with van der Waals surface area (Å²) in [5.41, 5.74) is 10.4. The molecule has 2 aromatic rings. The number of nitrogen functional groups attached to an aromatic ring is 1. The molecule has 1 heterocycles. The van der Waals surface area contributed by atoms with Gasteiger partial charge in [0.1, 0.15) is 11.6 Å². The van der Waals surface area contributed by atoms with Crippen LogP contribution in [0.2, 0.25) is 5.02 Å². The average molecular weight is 266 g/mol. The molecule has 0 aliphatic rings. The number of anilines is 1. The van der Waals surface area contributed by atoms with E-state index in [1.807, 2.05) is 20.8 Å². The molecule has 0 atom stereocenters. The molecule has 0 saturated carbocycles. The molecule has 1 aromatic carbocycles. The summed E-state index contributed by atoms with van der Waals surface area (Å²) in [6.07, 6.45) is 0. The first-order valence-corrected chi connectivity index (χ1v) is 5.99. The maximum atomic E-state index is 6.35. The smallest absolute Gasteiger partial charge is 0.145 e. The van der Waals surface area contributed by atoms with Crippen molar-refractivity contribution in [2.45, 2.75) is 20.8 Å². The number of aromatic nitrogens is 2. The predicted molar refractivity (Wildman–Crippen MR) is 74.2 cm³/mol. The van der Waals surface area contributed by atoms with Gasteiger partial charge in [-0.25, -0.2) is 0 Å². The molecular weight excluding hydrogens is 250 g/mol. The van der Waals surface area contributed by atoms with E-state index in [9.17, 15) is 0 Å². The summed E-state index contributed by atoms with van der Waals surface area (Å²) in [5.74, 6) is 1.25. The number of benzene rings is 1. The standard InChI is InChI=1S/C13H16ClN3O/c1-6-7(2)13(18-4)11(8(3)12(6)14)9-5-10(15)17-16-9/h5H,1-4H3,(H3,15,16,17). The van der Waals surface area contributed by atoms with Crippen molar-refractivity contribution in [2.24, 2.45) is 0 Å². The van der Waals surface area contributed by atoms with Gasteiger partial charge in [0.15, 0.2) is 0 Å². The fraction of sp³-hybridized carbons (Fsp3) is 0.308. The maximum Gasteiger partial charge on any atom is 0.145 e. The van der Waals surface area contributed by atoms with Gasteiger partial charge in [0, 0.05) is 16.7 Å². The molecule has 5 heteroatoms. The molecule has 0 fully saturated rings. The van der Waals surface area contributed by atoms with Crippen LogP contribution in [0.1, 0.15) is 16.7 Å². The van der Waals surface area contributed by atoms with Gasteiger partial charge in [-0.3, -0.25) is 5.10 Å². The number of H-pyrrole nitrogens is 1. The molecule has 0 saturated heterocycles. The Hall–Kier alpha value is -1.68. The Balaban J connectivity index is 2.81. The third kappa shape index (κ3) is 1.82. The molecule has 18 heavy (non-hydrogen) atoms. The zero-order valence-electron chi connectivity index (χ0n) is 10.9. The van der Waals surface area contributed by atoms with Crippen LogP contribution in [0.3, 0.4) is 0 Å². The minimum atomic E-state index is 0.445. The van der Waals surface area contributed by atoms with Gasteiger partial charge in [-0.15, -0.1) is 0 Å². The highest BCUT2D eigenvalue weighted by molar-refractivity contribution is 6.32. The van der Waals surface area contributed by atoms with E-state index in [1.54, 1.807) is 13.2 Å². The predicted octanol–water partition coefficient (Wildman–Crippen LogP) is 3.25. The van der Waals surface area contributed by atoms with E-state index in [-0.39, 0.29) is 0 Å².